The molecular formula is C14H18N2O2S2. The van der Waals surface area contributed by atoms with E-state index in [9.17, 15) is 4.79 Å². The number of hydrogen-bond acceptors (Lipinski definition) is 4. The molecule has 2 rings (SSSR count). The molecule has 0 amide bonds. The highest BCUT2D eigenvalue weighted by Gasteiger charge is 2.22. The lowest BCUT2D eigenvalue weighted by atomic mass is 9.92. The molecule has 0 aromatic carbocycles. The molecule has 0 aliphatic carbocycles. The zero-order chi connectivity index (χ0) is 14.8. The van der Waals surface area contributed by atoms with Crippen molar-refractivity contribution in [1.29, 1.82) is 0 Å². The van der Waals surface area contributed by atoms with E-state index in [0.717, 1.165) is 17.4 Å². The molecule has 6 heteroatoms. The number of aromatic nitrogens is 2. The fourth-order valence-corrected chi connectivity index (χ4v) is 3.28. The van der Waals surface area contributed by atoms with Crippen LogP contribution < -0.4 is 0 Å². The summed E-state index contributed by atoms with van der Waals surface area (Å²) in [6.45, 7) is 7.15. The topological polar surface area (TPSA) is 55.1 Å². The molecule has 0 atom stereocenters. The number of carbonyl (C=O) groups is 1. The highest BCUT2D eigenvalue weighted by molar-refractivity contribution is 7.99. The summed E-state index contributed by atoms with van der Waals surface area (Å²) in [6, 6.07) is 2.09. The molecule has 0 spiro atoms. The van der Waals surface area contributed by atoms with E-state index in [1.54, 1.807) is 11.3 Å². The van der Waals surface area contributed by atoms with Gasteiger partial charge in [-0.25, -0.2) is 4.98 Å². The van der Waals surface area contributed by atoms with Crippen LogP contribution in [0, 0.1) is 0 Å². The Morgan fingerprint density at radius 2 is 2.25 bits per heavy atom. The molecule has 0 bridgehead atoms. The van der Waals surface area contributed by atoms with Crippen molar-refractivity contribution in [1.82, 2.24) is 9.55 Å². The molecular weight excluding hydrogens is 292 g/mol. The molecule has 108 valence electrons. The Bertz CT molecular complexity index is 583. The predicted molar refractivity (Wildman–Crippen MR) is 82.7 cm³/mol. The third-order valence-electron chi connectivity index (χ3n) is 2.83. The molecule has 2 heterocycles. The normalized spacial score (nSPS) is 11.8. The number of aliphatic carboxylic acids is 1. The maximum Gasteiger partial charge on any atom is 0.313 e. The molecule has 20 heavy (non-hydrogen) atoms. The molecule has 2 aromatic heterocycles. The van der Waals surface area contributed by atoms with Crippen LogP contribution in [0.25, 0.3) is 0 Å². The summed E-state index contributed by atoms with van der Waals surface area (Å²) < 4.78 is 2.12. The molecule has 1 N–H and O–H groups in total. The summed E-state index contributed by atoms with van der Waals surface area (Å²) in [6.07, 6.45) is 1.86. The maximum atomic E-state index is 10.7. The van der Waals surface area contributed by atoms with Gasteiger partial charge in [0.2, 0.25) is 0 Å². The number of rotatable bonds is 5. The van der Waals surface area contributed by atoms with Gasteiger partial charge in [0.1, 0.15) is 0 Å². The summed E-state index contributed by atoms with van der Waals surface area (Å²) in [5.74, 6) is -0.790. The van der Waals surface area contributed by atoms with Gasteiger partial charge in [0.25, 0.3) is 0 Å². The van der Waals surface area contributed by atoms with Crippen molar-refractivity contribution >= 4 is 29.1 Å². The summed E-state index contributed by atoms with van der Waals surface area (Å²) in [5, 5.41) is 13.8. The van der Waals surface area contributed by atoms with Gasteiger partial charge in [-0.2, -0.15) is 11.3 Å². The van der Waals surface area contributed by atoms with E-state index in [0.29, 0.717) is 0 Å². The molecule has 0 fully saturated rings. The van der Waals surface area contributed by atoms with E-state index >= 15 is 0 Å². The minimum absolute atomic E-state index is 0.0228. The van der Waals surface area contributed by atoms with Gasteiger partial charge in [0.05, 0.1) is 12.3 Å². The number of carboxylic acids is 1. The van der Waals surface area contributed by atoms with Gasteiger partial charge in [-0.15, -0.1) is 0 Å². The molecule has 0 aliphatic rings. The van der Waals surface area contributed by atoms with Crippen molar-refractivity contribution in [3.63, 3.8) is 0 Å². The lowest BCUT2D eigenvalue weighted by Crippen LogP contribution is -2.18. The van der Waals surface area contributed by atoms with Gasteiger partial charge >= 0.3 is 5.97 Å². The Labute approximate surface area is 126 Å². The van der Waals surface area contributed by atoms with E-state index in [2.05, 4.69) is 41.8 Å². The monoisotopic (exact) mass is 310 g/mol. The van der Waals surface area contributed by atoms with Crippen molar-refractivity contribution in [2.75, 3.05) is 5.75 Å². The number of thioether (sulfide) groups is 1. The Morgan fingerprint density at radius 1 is 1.50 bits per heavy atom. The molecule has 0 radical (unpaired) electrons. The van der Waals surface area contributed by atoms with Crippen LogP contribution in [0.1, 0.15) is 32.0 Å². The fraction of sp³-hybridized carbons (Fsp3) is 0.429. The van der Waals surface area contributed by atoms with Gasteiger partial charge in [0, 0.05) is 17.3 Å². The van der Waals surface area contributed by atoms with Gasteiger partial charge < -0.3 is 9.67 Å². The Hall–Kier alpha value is -1.27. The Kier molecular flexibility index (Phi) is 4.55. The Morgan fingerprint density at radius 3 is 2.80 bits per heavy atom. The Balaban J connectivity index is 2.32. The van der Waals surface area contributed by atoms with E-state index in [4.69, 9.17) is 5.11 Å². The first kappa shape index (κ1) is 15.1. The zero-order valence-corrected chi connectivity index (χ0v) is 13.4. The van der Waals surface area contributed by atoms with Gasteiger partial charge in [-0.05, 0) is 22.4 Å². The lowest BCUT2D eigenvalue weighted by molar-refractivity contribution is -0.133. The number of thiophene rings is 1. The van der Waals surface area contributed by atoms with Crippen LogP contribution in [0.15, 0.2) is 28.2 Å². The quantitative estimate of drug-likeness (QED) is 0.859. The number of hydrogen-bond donors (Lipinski definition) is 1. The first-order valence-corrected chi connectivity index (χ1v) is 8.22. The van der Waals surface area contributed by atoms with Crippen molar-refractivity contribution in [2.45, 2.75) is 37.9 Å². The lowest BCUT2D eigenvalue weighted by Gasteiger charge is -2.21. The third-order valence-corrected chi connectivity index (χ3v) is 4.54. The van der Waals surface area contributed by atoms with Crippen LogP contribution in [-0.2, 0) is 16.8 Å². The minimum Gasteiger partial charge on any atom is -0.481 e. The predicted octanol–water partition coefficient (Wildman–Crippen LogP) is 3.47. The number of nitrogens with zero attached hydrogens (tertiary/aromatic N) is 2. The smallest absolute Gasteiger partial charge is 0.313 e. The van der Waals surface area contributed by atoms with Crippen LogP contribution >= 0.6 is 23.1 Å². The van der Waals surface area contributed by atoms with E-state index in [1.165, 1.54) is 17.3 Å². The van der Waals surface area contributed by atoms with Crippen LogP contribution in [0.2, 0.25) is 0 Å². The van der Waals surface area contributed by atoms with E-state index in [1.807, 2.05) is 11.6 Å². The maximum absolute atomic E-state index is 10.7. The molecule has 2 aromatic rings. The SMILES string of the molecule is CC(C)(C)c1cnc(SCC(=O)O)n1Cc1ccsc1. The van der Waals surface area contributed by atoms with Crippen LogP contribution in [0.3, 0.4) is 0 Å². The molecule has 0 unspecified atom stereocenters. The molecule has 0 saturated heterocycles. The average Bonchev–Trinajstić information content (AvgIpc) is 2.95. The van der Waals surface area contributed by atoms with Crippen LogP contribution in [0.4, 0.5) is 0 Å². The van der Waals surface area contributed by atoms with E-state index in [-0.39, 0.29) is 11.2 Å². The van der Waals surface area contributed by atoms with Crippen molar-refractivity contribution in [3.05, 3.63) is 34.3 Å². The van der Waals surface area contributed by atoms with Crippen molar-refractivity contribution < 1.29 is 9.90 Å². The second-order valence-corrected chi connectivity index (χ2v) is 7.30. The molecule has 0 saturated carbocycles. The first-order valence-electron chi connectivity index (χ1n) is 6.29. The van der Waals surface area contributed by atoms with Crippen molar-refractivity contribution in [3.8, 4) is 0 Å². The zero-order valence-electron chi connectivity index (χ0n) is 11.8. The van der Waals surface area contributed by atoms with Gasteiger partial charge in [-0.3, -0.25) is 4.79 Å². The molecule has 4 nitrogen and oxygen atoms in total. The fourth-order valence-electron chi connectivity index (χ4n) is 1.92. The molecule has 0 aliphatic heterocycles. The van der Waals surface area contributed by atoms with E-state index < -0.39 is 5.97 Å². The third kappa shape index (κ3) is 3.64. The highest BCUT2D eigenvalue weighted by Crippen LogP contribution is 2.28. The van der Waals surface area contributed by atoms with Gasteiger partial charge in [-0.1, -0.05) is 32.5 Å². The van der Waals surface area contributed by atoms with Crippen LogP contribution in [-0.4, -0.2) is 26.4 Å². The number of imidazole rings is 1. The standard InChI is InChI=1S/C14H18N2O2S2/c1-14(2,3)11-6-15-13(20-9-12(17)18)16(11)7-10-4-5-19-8-10/h4-6,8H,7,9H2,1-3H3,(H,17,18). The summed E-state index contributed by atoms with van der Waals surface area (Å²) in [7, 11) is 0. The van der Waals surface area contributed by atoms with Crippen molar-refractivity contribution in [2.24, 2.45) is 0 Å². The highest BCUT2D eigenvalue weighted by atomic mass is 32.2. The summed E-state index contributed by atoms with van der Waals surface area (Å²) in [4.78, 5) is 15.1. The largest absolute Gasteiger partial charge is 0.481 e. The first-order chi connectivity index (χ1) is 9.38. The number of carboxylic acid groups (broad SMARTS) is 1. The minimum atomic E-state index is -0.822. The van der Waals surface area contributed by atoms with Crippen LogP contribution in [0.5, 0.6) is 0 Å². The summed E-state index contributed by atoms with van der Waals surface area (Å²) >= 11 is 2.93. The average molecular weight is 310 g/mol. The second-order valence-electron chi connectivity index (χ2n) is 5.58. The summed E-state index contributed by atoms with van der Waals surface area (Å²) in [5.41, 5.74) is 2.32. The van der Waals surface area contributed by atoms with Gasteiger partial charge in [0.15, 0.2) is 5.16 Å². The second kappa shape index (κ2) is 6.01.